The van der Waals surface area contributed by atoms with E-state index in [0.29, 0.717) is 39.3 Å². The number of amides is 1. The fraction of sp³-hybridized carbons (Fsp3) is 0.533. The number of anilines is 1. The molecule has 2 unspecified atom stereocenters. The largest absolute Gasteiger partial charge is 0.378 e. The molecule has 2 aliphatic rings. The molecule has 2 saturated heterocycles. The van der Waals surface area contributed by atoms with Crippen LogP contribution in [0.1, 0.15) is 6.42 Å². The van der Waals surface area contributed by atoms with Crippen LogP contribution in [0.5, 0.6) is 0 Å². The monoisotopic (exact) mass is 311 g/mol. The Hall–Kier alpha value is -1.73. The van der Waals surface area contributed by atoms with Crippen LogP contribution in [0.15, 0.2) is 18.2 Å². The Labute approximate surface area is 127 Å². The van der Waals surface area contributed by atoms with Crippen molar-refractivity contribution < 1.29 is 18.3 Å². The van der Waals surface area contributed by atoms with Crippen molar-refractivity contribution in [2.24, 2.45) is 0 Å². The van der Waals surface area contributed by atoms with Gasteiger partial charge in [0.05, 0.1) is 13.2 Å². The second-order valence-corrected chi connectivity index (χ2v) is 5.59. The van der Waals surface area contributed by atoms with E-state index >= 15 is 0 Å². The summed E-state index contributed by atoms with van der Waals surface area (Å²) in [6.45, 7) is 2.52. The summed E-state index contributed by atoms with van der Waals surface area (Å²) in [5.41, 5.74) is -0.0154. The molecule has 0 spiro atoms. The maximum absolute atomic E-state index is 13.8. The maximum Gasteiger partial charge on any atom is 0.239 e. The molecule has 22 heavy (non-hydrogen) atoms. The lowest BCUT2D eigenvalue weighted by Crippen LogP contribution is -2.53. The first-order valence-corrected chi connectivity index (χ1v) is 7.45. The predicted molar refractivity (Wildman–Crippen MR) is 77.7 cm³/mol. The van der Waals surface area contributed by atoms with E-state index in [1.807, 2.05) is 0 Å². The molecule has 0 aromatic heterocycles. The topological polar surface area (TPSA) is 53.6 Å². The van der Waals surface area contributed by atoms with E-state index in [1.54, 1.807) is 4.90 Å². The first-order chi connectivity index (χ1) is 10.6. The first kappa shape index (κ1) is 15.2. The van der Waals surface area contributed by atoms with Gasteiger partial charge in [0.1, 0.15) is 23.4 Å². The van der Waals surface area contributed by atoms with Gasteiger partial charge in [-0.3, -0.25) is 4.79 Å². The summed E-state index contributed by atoms with van der Waals surface area (Å²) in [7, 11) is 0. The summed E-state index contributed by atoms with van der Waals surface area (Å²) >= 11 is 0. The molecule has 2 N–H and O–H groups in total. The van der Waals surface area contributed by atoms with Crippen LogP contribution in [0.4, 0.5) is 14.5 Å². The number of carbonyl (C=O) groups excluding carboxylic acids is 1. The Morgan fingerprint density at radius 1 is 1.36 bits per heavy atom. The van der Waals surface area contributed by atoms with Crippen LogP contribution in [0, 0.1) is 11.6 Å². The molecule has 120 valence electrons. The van der Waals surface area contributed by atoms with Gasteiger partial charge >= 0.3 is 0 Å². The van der Waals surface area contributed by atoms with E-state index in [-0.39, 0.29) is 23.7 Å². The van der Waals surface area contributed by atoms with Gasteiger partial charge in [-0.05, 0) is 18.6 Å². The summed E-state index contributed by atoms with van der Waals surface area (Å²) in [5, 5.41) is 6.00. The number of benzene rings is 1. The lowest BCUT2D eigenvalue weighted by atomic mass is 10.2. The minimum Gasteiger partial charge on any atom is -0.378 e. The van der Waals surface area contributed by atoms with Crippen molar-refractivity contribution >= 4 is 11.6 Å². The van der Waals surface area contributed by atoms with E-state index in [4.69, 9.17) is 4.74 Å². The van der Waals surface area contributed by atoms with Crippen molar-refractivity contribution in [2.75, 3.05) is 37.7 Å². The third-order valence-electron chi connectivity index (χ3n) is 4.03. The van der Waals surface area contributed by atoms with Crippen LogP contribution < -0.4 is 15.5 Å². The molecule has 2 aliphatic heterocycles. The molecule has 1 aromatic carbocycles. The maximum atomic E-state index is 13.8. The van der Waals surface area contributed by atoms with Gasteiger partial charge < -0.3 is 20.3 Å². The Morgan fingerprint density at radius 3 is 2.82 bits per heavy atom. The Kier molecular flexibility index (Phi) is 4.54. The molecule has 0 saturated carbocycles. The molecule has 3 rings (SSSR count). The SMILES string of the molecule is O=C(NC1CCN(c2c(F)cccc2F)C1)C1COCCN1. The highest BCUT2D eigenvalue weighted by Crippen LogP contribution is 2.26. The lowest BCUT2D eigenvalue weighted by Gasteiger charge is -2.25. The number of ether oxygens (including phenoxy) is 1. The number of carbonyl (C=O) groups is 1. The Morgan fingerprint density at radius 2 is 2.14 bits per heavy atom. The number of rotatable bonds is 3. The van der Waals surface area contributed by atoms with Gasteiger partial charge in [0.15, 0.2) is 0 Å². The number of hydrogen-bond acceptors (Lipinski definition) is 4. The molecule has 7 heteroatoms. The fourth-order valence-electron chi connectivity index (χ4n) is 2.91. The smallest absolute Gasteiger partial charge is 0.239 e. The average Bonchev–Trinajstić information content (AvgIpc) is 2.96. The van der Waals surface area contributed by atoms with Gasteiger partial charge in [0.2, 0.25) is 5.91 Å². The van der Waals surface area contributed by atoms with Crippen LogP contribution in [0.3, 0.4) is 0 Å². The third kappa shape index (κ3) is 3.20. The molecule has 2 heterocycles. The second kappa shape index (κ2) is 6.58. The van der Waals surface area contributed by atoms with E-state index in [0.717, 1.165) is 0 Å². The van der Waals surface area contributed by atoms with Crippen molar-refractivity contribution in [3.05, 3.63) is 29.8 Å². The zero-order chi connectivity index (χ0) is 15.5. The number of morpholine rings is 1. The summed E-state index contributed by atoms with van der Waals surface area (Å²) < 4.78 is 32.8. The second-order valence-electron chi connectivity index (χ2n) is 5.59. The van der Waals surface area contributed by atoms with Gasteiger partial charge in [0.25, 0.3) is 0 Å². The Bertz CT molecular complexity index is 529. The molecular formula is C15H19F2N3O2. The molecule has 2 fully saturated rings. The quantitative estimate of drug-likeness (QED) is 0.860. The summed E-state index contributed by atoms with van der Waals surface area (Å²) in [6.07, 6.45) is 0.660. The normalized spacial score (nSPS) is 25.3. The van der Waals surface area contributed by atoms with Gasteiger partial charge in [-0.1, -0.05) is 6.07 Å². The third-order valence-corrected chi connectivity index (χ3v) is 4.03. The van der Waals surface area contributed by atoms with Gasteiger partial charge in [-0.25, -0.2) is 8.78 Å². The van der Waals surface area contributed by atoms with E-state index in [9.17, 15) is 13.6 Å². The average molecular weight is 311 g/mol. The summed E-state index contributed by atoms with van der Waals surface area (Å²) in [4.78, 5) is 13.8. The van der Waals surface area contributed by atoms with E-state index in [1.165, 1.54) is 18.2 Å². The lowest BCUT2D eigenvalue weighted by molar-refractivity contribution is -0.126. The summed E-state index contributed by atoms with van der Waals surface area (Å²) in [6, 6.07) is 3.36. The van der Waals surface area contributed by atoms with Gasteiger partial charge in [-0.15, -0.1) is 0 Å². The van der Waals surface area contributed by atoms with Gasteiger partial charge in [0, 0.05) is 25.7 Å². The number of para-hydroxylation sites is 1. The van der Waals surface area contributed by atoms with E-state index < -0.39 is 11.6 Å². The molecular weight excluding hydrogens is 292 g/mol. The molecule has 0 aliphatic carbocycles. The van der Waals surface area contributed by atoms with Crippen LogP contribution >= 0.6 is 0 Å². The van der Waals surface area contributed by atoms with Crippen LogP contribution in [0.25, 0.3) is 0 Å². The highest BCUT2D eigenvalue weighted by Gasteiger charge is 2.30. The van der Waals surface area contributed by atoms with Crippen LogP contribution in [-0.4, -0.2) is 50.8 Å². The molecule has 2 atom stereocenters. The highest BCUT2D eigenvalue weighted by molar-refractivity contribution is 5.82. The molecule has 0 radical (unpaired) electrons. The number of nitrogens with zero attached hydrogens (tertiary/aromatic N) is 1. The van der Waals surface area contributed by atoms with Crippen molar-refractivity contribution in [1.82, 2.24) is 10.6 Å². The number of halogens is 2. The molecule has 1 aromatic rings. The van der Waals surface area contributed by atoms with Crippen LogP contribution in [0.2, 0.25) is 0 Å². The van der Waals surface area contributed by atoms with Crippen molar-refractivity contribution in [2.45, 2.75) is 18.5 Å². The zero-order valence-electron chi connectivity index (χ0n) is 12.1. The molecule has 1 amide bonds. The fourth-order valence-corrected chi connectivity index (χ4v) is 2.91. The molecule has 0 bridgehead atoms. The minimum atomic E-state index is -0.575. The summed E-state index contributed by atoms with van der Waals surface area (Å²) in [5.74, 6) is -1.27. The number of nitrogens with one attached hydrogen (secondary N) is 2. The highest BCUT2D eigenvalue weighted by atomic mass is 19.1. The standard InChI is InChI=1S/C15H19F2N3O2/c16-11-2-1-3-12(17)14(11)20-6-4-10(8-20)19-15(21)13-9-22-7-5-18-13/h1-3,10,13,18H,4-9H2,(H,19,21). The van der Waals surface area contributed by atoms with Crippen molar-refractivity contribution in [1.29, 1.82) is 0 Å². The van der Waals surface area contributed by atoms with Gasteiger partial charge in [-0.2, -0.15) is 0 Å². The van der Waals surface area contributed by atoms with Crippen LogP contribution in [-0.2, 0) is 9.53 Å². The van der Waals surface area contributed by atoms with Crippen molar-refractivity contribution in [3.63, 3.8) is 0 Å². The predicted octanol–water partition coefficient (Wildman–Crippen LogP) is 0.648. The van der Waals surface area contributed by atoms with Crippen molar-refractivity contribution in [3.8, 4) is 0 Å². The minimum absolute atomic E-state index is 0.0154. The molecule has 5 nitrogen and oxygen atoms in total. The zero-order valence-corrected chi connectivity index (χ0v) is 12.1. The first-order valence-electron chi connectivity index (χ1n) is 7.45. The Balaban J connectivity index is 1.59. The number of hydrogen-bond donors (Lipinski definition) is 2. The van der Waals surface area contributed by atoms with E-state index in [2.05, 4.69) is 10.6 Å².